The molecule has 2 heterocycles. The number of nitrogens with zero attached hydrogens (tertiary/aromatic N) is 3. The van der Waals surface area contributed by atoms with Crippen molar-refractivity contribution in [2.45, 2.75) is 31.3 Å². The highest BCUT2D eigenvalue weighted by Gasteiger charge is 2.38. The molecule has 206 valence electrons. The number of aromatic nitrogens is 1. The van der Waals surface area contributed by atoms with Crippen LogP contribution in [0.2, 0.25) is 0 Å². The van der Waals surface area contributed by atoms with Crippen LogP contribution in [0.4, 0.5) is 8.78 Å². The number of nitrogens with one attached hydrogen (secondary N) is 1. The average Bonchev–Trinajstić information content (AvgIpc) is 3.37. The SMILES string of the molecule is C=C(NC(=NC)c1onc(-c2ccccc2)c1C(F)(F)P)c1ccc(CCN2CCC[C@H](CC(=O)O)C2)cc1. The molecule has 1 fully saturated rings. The maximum absolute atomic E-state index is 14.7. The third kappa shape index (κ3) is 7.37. The maximum Gasteiger partial charge on any atom is 0.303 e. The van der Waals surface area contributed by atoms with Crippen LogP contribution in [0.3, 0.4) is 0 Å². The molecule has 0 spiro atoms. The second-order valence-corrected chi connectivity index (χ2v) is 10.5. The molecule has 0 aliphatic carbocycles. The van der Waals surface area contributed by atoms with Crippen LogP contribution in [-0.4, -0.2) is 53.6 Å². The Labute approximate surface area is 229 Å². The molecule has 1 aliphatic heterocycles. The fraction of sp³-hybridized carbons (Fsp3) is 0.345. The number of carbonyl (C=O) groups is 1. The number of halogens is 2. The minimum absolute atomic E-state index is 0.0477. The van der Waals surface area contributed by atoms with Crippen molar-refractivity contribution >= 4 is 26.7 Å². The normalized spacial score (nSPS) is 16.7. The topological polar surface area (TPSA) is 91.0 Å². The van der Waals surface area contributed by atoms with Crippen molar-refractivity contribution in [1.82, 2.24) is 15.4 Å². The van der Waals surface area contributed by atoms with Gasteiger partial charge < -0.3 is 19.8 Å². The summed E-state index contributed by atoms with van der Waals surface area (Å²) in [4.78, 5) is 17.5. The minimum Gasteiger partial charge on any atom is -0.481 e. The molecule has 3 aromatic rings. The van der Waals surface area contributed by atoms with Crippen molar-refractivity contribution in [3.05, 3.63) is 83.6 Å². The molecule has 0 amide bonds. The van der Waals surface area contributed by atoms with E-state index in [1.54, 1.807) is 39.6 Å². The van der Waals surface area contributed by atoms with E-state index >= 15 is 0 Å². The first kappa shape index (κ1) is 28.6. The van der Waals surface area contributed by atoms with Crippen LogP contribution in [-0.2, 0) is 16.9 Å². The van der Waals surface area contributed by atoms with Crippen LogP contribution in [0.15, 0.2) is 70.7 Å². The first-order chi connectivity index (χ1) is 18.7. The lowest BCUT2D eigenvalue weighted by Crippen LogP contribution is -2.37. The first-order valence-corrected chi connectivity index (χ1v) is 13.4. The van der Waals surface area contributed by atoms with Crippen molar-refractivity contribution in [3.63, 3.8) is 0 Å². The van der Waals surface area contributed by atoms with Crippen LogP contribution in [0.25, 0.3) is 17.0 Å². The predicted molar refractivity (Wildman–Crippen MR) is 152 cm³/mol. The number of hydrogen-bond donors (Lipinski definition) is 2. The quantitative estimate of drug-likeness (QED) is 0.192. The van der Waals surface area contributed by atoms with Crippen LogP contribution < -0.4 is 5.32 Å². The highest BCUT2D eigenvalue weighted by atomic mass is 31.0. The molecular formula is C29H33F2N4O3P. The number of likely N-dealkylation sites (tertiary alicyclic amines) is 1. The van der Waals surface area contributed by atoms with E-state index in [4.69, 9.17) is 9.63 Å². The molecule has 0 saturated carbocycles. The molecule has 39 heavy (non-hydrogen) atoms. The summed E-state index contributed by atoms with van der Waals surface area (Å²) in [6.45, 7) is 6.74. The third-order valence-corrected chi connectivity index (χ3v) is 7.15. The molecule has 4 rings (SSSR count). The molecule has 2 aromatic carbocycles. The highest BCUT2D eigenvalue weighted by Crippen LogP contribution is 2.42. The fourth-order valence-electron chi connectivity index (χ4n) is 4.91. The molecular weight excluding hydrogens is 521 g/mol. The Balaban J connectivity index is 1.42. The van der Waals surface area contributed by atoms with Gasteiger partial charge in [0, 0.05) is 37.8 Å². The van der Waals surface area contributed by atoms with Gasteiger partial charge in [0.1, 0.15) is 11.3 Å². The second-order valence-electron chi connectivity index (χ2n) is 9.75. The smallest absolute Gasteiger partial charge is 0.303 e. The lowest BCUT2D eigenvalue weighted by atomic mass is 9.94. The zero-order valence-electron chi connectivity index (χ0n) is 21.9. The van der Waals surface area contributed by atoms with Crippen LogP contribution >= 0.6 is 9.24 Å². The van der Waals surface area contributed by atoms with Crippen LogP contribution in [0.5, 0.6) is 0 Å². The van der Waals surface area contributed by atoms with Crippen LogP contribution in [0.1, 0.15) is 41.7 Å². The van der Waals surface area contributed by atoms with Gasteiger partial charge in [0.15, 0.2) is 5.84 Å². The Bertz CT molecular complexity index is 1320. The van der Waals surface area contributed by atoms with Gasteiger partial charge in [-0.25, -0.2) is 0 Å². The lowest BCUT2D eigenvalue weighted by Gasteiger charge is -2.32. The number of amidine groups is 1. The van der Waals surface area contributed by atoms with E-state index in [2.05, 4.69) is 26.9 Å². The summed E-state index contributed by atoms with van der Waals surface area (Å²) in [6, 6.07) is 16.5. The van der Waals surface area contributed by atoms with E-state index in [0.717, 1.165) is 50.0 Å². The Kier molecular flexibility index (Phi) is 9.25. The van der Waals surface area contributed by atoms with Gasteiger partial charge in [-0.3, -0.25) is 9.79 Å². The zero-order chi connectivity index (χ0) is 28.0. The van der Waals surface area contributed by atoms with E-state index in [0.29, 0.717) is 11.3 Å². The molecule has 2 N–H and O–H groups in total. The van der Waals surface area contributed by atoms with Gasteiger partial charge in [-0.15, -0.1) is 0 Å². The molecule has 1 aliphatic rings. The van der Waals surface area contributed by atoms with Crippen molar-refractivity contribution in [1.29, 1.82) is 0 Å². The predicted octanol–water partition coefficient (Wildman–Crippen LogP) is 5.63. The summed E-state index contributed by atoms with van der Waals surface area (Å²) >= 11 is 0. The van der Waals surface area contributed by atoms with E-state index in [-0.39, 0.29) is 35.2 Å². The fourth-order valence-corrected chi connectivity index (χ4v) is 5.18. The number of benzene rings is 2. The van der Waals surface area contributed by atoms with Gasteiger partial charge >= 0.3 is 5.97 Å². The number of hydrogen-bond acceptors (Lipinski definition) is 5. The van der Waals surface area contributed by atoms with Crippen molar-refractivity contribution in [2.24, 2.45) is 10.9 Å². The number of piperidine rings is 1. The van der Waals surface area contributed by atoms with Crippen molar-refractivity contribution < 1.29 is 23.2 Å². The Hall–Kier alpha value is -3.42. The summed E-state index contributed by atoms with van der Waals surface area (Å²) in [7, 11) is 3.03. The van der Waals surface area contributed by atoms with Gasteiger partial charge in [0.25, 0.3) is 5.66 Å². The molecule has 0 radical (unpaired) electrons. The third-order valence-electron chi connectivity index (χ3n) is 6.87. The molecule has 1 aromatic heterocycles. The van der Waals surface area contributed by atoms with E-state index in [1.165, 1.54) is 7.05 Å². The maximum atomic E-state index is 14.7. The summed E-state index contributed by atoms with van der Waals surface area (Å²) in [5, 5.41) is 16.0. The standard InChI is InChI=1S/C29H33F2N4O3P/c1-19(22-12-10-20(11-13-22)14-16-35-15-6-7-21(18-35)17-24(36)37)33-28(32-2)27-25(29(30,31)39)26(34-38-27)23-8-4-3-5-9-23/h3-5,8-13,21H,1,6-7,14-18,39H2,2H3,(H,32,33)(H,36,37)/t21-/m1/s1. The van der Waals surface area contributed by atoms with E-state index in [9.17, 15) is 13.6 Å². The average molecular weight is 555 g/mol. The Morgan fingerprint density at radius 3 is 2.62 bits per heavy atom. The van der Waals surface area contributed by atoms with Crippen molar-refractivity contribution in [3.8, 4) is 11.3 Å². The molecule has 1 saturated heterocycles. The number of alkyl halides is 2. The van der Waals surface area contributed by atoms with Gasteiger partial charge in [0.2, 0.25) is 5.76 Å². The zero-order valence-corrected chi connectivity index (χ0v) is 23.0. The van der Waals surface area contributed by atoms with Gasteiger partial charge in [0.05, 0.1) is 0 Å². The largest absolute Gasteiger partial charge is 0.481 e. The Morgan fingerprint density at radius 2 is 1.97 bits per heavy atom. The van der Waals surface area contributed by atoms with Gasteiger partial charge in [-0.2, -0.15) is 8.78 Å². The number of aliphatic imine (C=N–C) groups is 1. The number of rotatable bonds is 10. The number of aliphatic carboxylic acids is 1. The second kappa shape index (κ2) is 12.6. The van der Waals surface area contributed by atoms with Gasteiger partial charge in [-0.1, -0.05) is 75.6 Å². The van der Waals surface area contributed by atoms with Gasteiger partial charge in [-0.05, 0) is 42.9 Å². The molecule has 1 unspecified atom stereocenters. The lowest BCUT2D eigenvalue weighted by molar-refractivity contribution is -0.138. The van der Waals surface area contributed by atoms with E-state index in [1.807, 2.05) is 24.3 Å². The molecule has 0 bridgehead atoms. The van der Waals surface area contributed by atoms with Crippen LogP contribution in [0, 0.1) is 5.92 Å². The Morgan fingerprint density at radius 1 is 1.26 bits per heavy atom. The summed E-state index contributed by atoms with van der Waals surface area (Å²) < 4.78 is 34.8. The van der Waals surface area contributed by atoms with Crippen molar-refractivity contribution in [2.75, 3.05) is 26.7 Å². The summed E-state index contributed by atoms with van der Waals surface area (Å²) in [5.74, 6) is -0.586. The molecule has 7 nitrogen and oxygen atoms in total. The molecule has 2 atom stereocenters. The summed E-state index contributed by atoms with van der Waals surface area (Å²) in [5.41, 5.74) is -0.722. The summed E-state index contributed by atoms with van der Waals surface area (Å²) in [6.07, 6.45) is 3.05. The number of carboxylic acids is 1. The first-order valence-electron chi connectivity index (χ1n) is 12.8. The highest BCUT2D eigenvalue weighted by molar-refractivity contribution is 7.17. The minimum atomic E-state index is -3.30. The monoisotopic (exact) mass is 554 g/mol. The number of carboxylic acid groups (broad SMARTS) is 1. The van der Waals surface area contributed by atoms with E-state index < -0.39 is 11.6 Å². The molecule has 10 heteroatoms.